The fraction of sp³-hybridized carbons (Fsp3) is 0.867. The Hall–Kier alpha value is -0.260. The minimum absolute atomic E-state index is 0.712. The van der Waals surface area contributed by atoms with Gasteiger partial charge in [0.15, 0.2) is 0 Å². The summed E-state index contributed by atoms with van der Waals surface area (Å²) in [5, 5.41) is 0. The standard InChI is InChI=1S/C15H30/c1-7-10-13(6)11-15(12(4)5)14(8-2)9-3/h8,12-15H,2,7,9-11H2,1,3-6H3. The Morgan fingerprint density at radius 1 is 1.13 bits per heavy atom. The molecule has 3 atom stereocenters. The molecule has 0 radical (unpaired) electrons. The van der Waals surface area contributed by atoms with Crippen molar-refractivity contribution < 1.29 is 0 Å². The maximum absolute atomic E-state index is 3.99. The SMILES string of the molecule is C=CC(CC)C(CC(C)CCC)C(C)C. The fourth-order valence-electron chi connectivity index (χ4n) is 2.66. The van der Waals surface area contributed by atoms with E-state index in [0.29, 0.717) is 5.92 Å². The summed E-state index contributed by atoms with van der Waals surface area (Å²) in [4.78, 5) is 0. The molecule has 0 saturated heterocycles. The lowest BCUT2D eigenvalue weighted by atomic mass is 9.76. The lowest BCUT2D eigenvalue weighted by Crippen LogP contribution is -2.20. The molecule has 0 saturated carbocycles. The predicted molar refractivity (Wildman–Crippen MR) is 71.0 cm³/mol. The molecular weight excluding hydrogens is 180 g/mol. The number of rotatable bonds is 8. The van der Waals surface area contributed by atoms with Gasteiger partial charge in [-0.05, 0) is 36.5 Å². The summed E-state index contributed by atoms with van der Waals surface area (Å²) in [6.07, 6.45) is 7.47. The molecule has 0 nitrogen and oxygen atoms in total. The Morgan fingerprint density at radius 2 is 1.73 bits per heavy atom. The van der Waals surface area contributed by atoms with E-state index in [9.17, 15) is 0 Å². The molecule has 0 aromatic rings. The van der Waals surface area contributed by atoms with Crippen molar-refractivity contribution in [2.45, 2.75) is 60.3 Å². The van der Waals surface area contributed by atoms with Crippen molar-refractivity contribution in [2.75, 3.05) is 0 Å². The van der Waals surface area contributed by atoms with Crippen LogP contribution >= 0.6 is 0 Å². The molecule has 0 aromatic heterocycles. The summed E-state index contributed by atoms with van der Waals surface area (Å²) < 4.78 is 0. The van der Waals surface area contributed by atoms with Crippen molar-refractivity contribution in [2.24, 2.45) is 23.7 Å². The Morgan fingerprint density at radius 3 is 2.07 bits per heavy atom. The zero-order valence-electron chi connectivity index (χ0n) is 11.4. The van der Waals surface area contributed by atoms with E-state index in [1.54, 1.807) is 0 Å². The minimum Gasteiger partial charge on any atom is -0.103 e. The molecule has 0 aliphatic rings. The van der Waals surface area contributed by atoms with Crippen molar-refractivity contribution >= 4 is 0 Å². The number of hydrogen-bond acceptors (Lipinski definition) is 0. The average molecular weight is 210 g/mol. The number of hydrogen-bond donors (Lipinski definition) is 0. The molecule has 15 heavy (non-hydrogen) atoms. The van der Waals surface area contributed by atoms with Gasteiger partial charge in [0.1, 0.15) is 0 Å². The summed E-state index contributed by atoms with van der Waals surface area (Å²) in [7, 11) is 0. The molecule has 0 N–H and O–H groups in total. The molecule has 0 spiro atoms. The first-order valence-electron chi connectivity index (χ1n) is 6.69. The van der Waals surface area contributed by atoms with Gasteiger partial charge < -0.3 is 0 Å². The molecule has 0 rings (SSSR count). The van der Waals surface area contributed by atoms with Crippen molar-refractivity contribution in [3.8, 4) is 0 Å². The highest BCUT2D eigenvalue weighted by Gasteiger charge is 2.22. The maximum atomic E-state index is 3.99. The summed E-state index contributed by atoms with van der Waals surface area (Å²) >= 11 is 0. The molecule has 0 bridgehead atoms. The molecule has 0 aromatic carbocycles. The Kier molecular flexibility index (Phi) is 7.82. The third-order valence-electron chi connectivity index (χ3n) is 3.64. The van der Waals surface area contributed by atoms with E-state index in [-0.39, 0.29) is 0 Å². The van der Waals surface area contributed by atoms with Crippen LogP contribution < -0.4 is 0 Å². The van der Waals surface area contributed by atoms with Gasteiger partial charge in [-0.1, -0.05) is 53.5 Å². The second-order valence-electron chi connectivity index (χ2n) is 5.35. The Balaban J connectivity index is 4.31. The second kappa shape index (κ2) is 7.96. The van der Waals surface area contributed by atoms with Crippen LogP contribution in [0.3, 0.4) is 0 Å². The summed E-state index contributed by atoms with van der Waals surface area (Å²) in [5.74, 6) is 3.20. The average Bonchev–Trinajstić information content (AvgIpc) is 2.18. The van der Waals surface area contributed by atoms with E-state index in [1.807, 2.05) is 0 Å². The number of allylic oxidation sites excluding steroid dienone is 1. The zero-order chi connectivity index (χ0) is 11.8. The van der Waals surface area contributed by atoms with E-state index >= 15 is 0 Å². The van der Waals surface area contributed by atoms with Crippen LogP contribution in [-0.2, 0) is 0 Å². The van der Waals surface area contributed by atoms with E-state index in [2.05, 4.69) is 47.3 Å². The predicted octanol–water partition coefficient (Wildman–Crippen LogP) is 5.30. The van der Waals surface area contributed by atoms with Gasteiger partial charge in [-0.2, -0.15) is 0 Å². The van der Waals surface area contributed by atoms with Gasteiger partial charge in [-0.3, -0.25) is 0 Å². The third kappa shape index (κ3) is 5.39. The summed E-state index contributed by atoms with van der Waals surface area (Å²) in [5.41, 5.74) is 0. The zero-order valence-corrected chi connectivity index (χ0v) is 11.4. The molecule has 0 fully saturated rings. The van der Waals surface area contributed by atoms with E-state index in [0.717, 1.165) is 17.8 Å². The van der Waals surface area contributed by atoms with Gasteiger partial charge in [0.2, 0.25) is 0 Å². The lowest BCUT2D eigenvalue weighted by Gasteiger charge is -2.29. The van der Waals surface area contributed by atoms with Crippen LogP contribution in [0.4, 0.5) is 0 Å². The van der Waals surface area contributed by atoms with Crippen LogP contribution in [0.1, 0.15) is 60.3 Å². The lowest BCUT2D eigenvalue weighted by molar-refractivity contribution is 0.231. The van der Waals surface area contributed by atoms with Crippen molar-refractivity contribution in [3.05, 3.63) is 12.7 Å². The van der Waals surface area contributed by atoms with Crippen LogP contribution in [-0.4, -0.2) is 0 Å². The smallest absolute Gasteiger partial charge is 0.0208 e. The first-order valence-corrected chi connectivity index (χ1v) is 6.69. The second-order valence-corrected chi connectivity index (χ2v) is 5.35. The van der Waals surface area contributed by atoms with Crippen molar-refractivity contribution in [1.29, 1.82) is 0 Å². The van der Waals surface area contributed by atoms with Gasteiger partial charge >= 0.3 is 0 Å². The first-order chi connectivity index (χ1) is 7.06. The molecule has 0 amide bonds. The van der Waals surface area contributed by atoms with Crippen LogP contribution in [0.5, 0.6) is 0 Å². The van der Waals surface area contributed by atoms with Crippen LogP contribution in [0.25, 0.3) is 0 Å². The quantitative estimate of drug-likeness (QED) is 0.477. The highest BCUT2D eigenvalue weighted by molar-refractivity contribution is 4.86. The van der Waals surface area contributed by atoms with Gasteiger partial charge in [-0.15, -0.1) is 6.58 Å². The molecule has 0 heteroatoms. The third-order valence-corrected chi connectivity index (χ3v) is 3.64. The first kappa shape index (κ1) is 14.7. The summed E-state index contributed by atoms with van der Waals surface area (Å²) in [6, 6.07) is 0. The Labute approximate surface area is 97.2 Å². The van der Waals surface area contributed by atoms with Crippen molar-refractivity contribution in [3.63, 3.8) is 0 Å². The van der Waals surface area contributed by atoms with Gasteiger partial charge in [0.05, 0.1) is 0 Å². The largest absolute Gasteiger partial charge is 0.103 e. The van der Waals surface area contributed by atoms with Crippen molar-refractivity contribution in [1.82, 2.24) is 0 Å². The minimum atomic E-state index is 0.712. The van der Waals surface area contributed by atoms with E-state index < -0.39 is 0 Å². The molecule has 3 unspecified atom stereocenters. The maximum Gasteiger partial charge on any atom is -0.0208 e. The highest BCUT2D eigenvalue weighted by atomic mass is 14.3. The van der Waals surface area contributed by atoms with Crippen LogP contribution in [0.2, 0.25) is 0 Å². The molecule has 0 aliphatic carbocycles. The summed E-state index contributed by atoms with van der Waals surface area (Å²) in [6.45, 7) is 15.7. The normalized spacial score (nSPS) is 17.5. The molecule has 0 aliphatic heterocycles. The topological polar surface area (TPSA) is 0 Å². The molecule has 0 heterocycles. The monoisotopic (exact) mass is 210 g/mol. The van der Waals surface area contributed by atoms with Gasteiger partial charge in [0, 0.05) is 0 Å². The fourth-order valence-corrected chi connectivity index (χ4v) is 2.66. The van der Waals surface area contributed by atoms with Crippen LogP contribution in [0, 0.1) is 23.7 Å². The van der Waals surface area contributed by atoms with Gasteiger partial charge in [0.25, 0.3) is 0 Å². The van der Waals surface area contributed by atoms with E-state index in [1.165, 1.54) is 25.7 Å². The van der Waals surface area contributed by atoms with Gasteiger partial charge in [-0.25, -0.2) is 0 Å². The van der Waals surface area contributed by atoms with Crippen LogP contribution in [0.15, 0.2) is 12.7 Å². The Bertz CT molecular complexity index is 157. The molecular formula is C15H30. The molecule has 90 valence electrons. The highest BCUT2D eigenvalue weighted by Crippen LogP contribution is 2.32. The van der Waals surface area contributed by atoms with E-state index in [4.69, 9.17) is 0 Å².